The second kappa shape index (κ2) is 5.28. The van der Waals surface area contributed by atoms with Crippen LogP contribution in [0.4, 0.5) is 6.01 Å². The van der Waals surface area contributed by atoms with Crippen LogP contribution >= 0.6 is 0 Å². The third-order valence-corrected chi connectivity index (χ3v) is 4.10. The second-order valence-electron chi connectivity index (χ2n) is 4.75. The number of imidazole rings is 1. The molecule has 8 heteroatoms. The second-order valence-corrected chi connectivity index (χ2v) is 6.38. The maximum absolute atomic E-state index is 12.2. The molecular formula is C12H18N4O3S. The number of sulfonamides is 1. The summed E-state index contributed by atoms with van der Waals surface area (Å²) in [6, 6.07) is -0.0441. The highest BCUT2D eigenvalue weighted by Crippen LogP contribution is 2.19. The molecule has 0 bridgehead atoms. The van der Waals surface area contributed by atoms with Crippen LogP contribution in [0.15, 0.2) is 21.9 Å². The van der Waals surface area contributed by atoms with Gasteiger partial charge in [0.15, 0.2) is 5.03 Å². The monoisotopic (exact) mass is 298 g/mol. The molecule has 0 aliphatic heterocycles. The van der Waals surface area contributed by atoms with Gasteiger partial charge in [-0.2, -0.15) is 13.4 Å². The zero-order valence-corrected chi connectivity index (χ0v) is 12.7. The van der Waals surface area contributed by atoms with Crippen LogP contribution in [0.3, 0.4) is 0 Å². The van der Waals surface area contributed by atoms with E-state index in [0.717, 1.165) is 0 Å². The minimum atomic E-state index is -3.78. The van der Waals surface area contributed by atoms with Gasteiger partial charge >= 0.3 is 6.01 Å². The quantitative estimate of drug-likeness (QED) is 0.913. The Hall–Kier alpha value is -1.83. The average Bonchev–Trinajstić information content (AvgIpc) is 2.95. The van der Waals surface area contributed by atoms with E-state index in [9.17, 15) is 8.42 Å². The number of aromatic nitrogens is 3. The number of nitrogens with zero attached hydrogens (tertiary/aromatic N) is 3. The van der Waals surface area contributed by atoms with Crippen LogP contribution in [0.5, 0.6) is 0 Å². The summed E-state index contributed by atoms with van der Waals surface area (Å²) in [7, 11) is -3.78. The van der Waals surface area contributed by atoms with E-state index in [1.807, 2.05) is 20.8 Å². The molecular weight excluding hydrogens is 280 g/mol. The summed E-state index contributed by atoms with van der Waals surface area (Å²) >= 11 is 0. The van der Waals surface area contributed by atoms with E-state index in [4.69, 9.17) is 4.42 Å². The van der Waals surface area contributed by atoms with Crippen LogP contribution < -0.4 is 4.72 Å². The molecule has 1 N–H and O–H groups in total. The zero-order valence-electron chi connectivity index (χ0n) is 11.9. The van der Waals surface area contributed by atoms with Gasteiger partial charge in [0, 0.05) is 12.7 Å². The van der Waals surface area contributed by atoms with Gasteiger partial charge in [0.05, 0.1) is 5.69 Å². The van der Waals surface area contributed by atoms with Gasteiger partial charge in [-0.3, -0.25) is 0 Å². The topological polar surface area (TPSA) is 90.0 Å². The highest BCUT2D eigenvalue weighted by atomic mass is 32.2. The molecule has 0 saturated carbocycles. The highest BCUT2D eigenvalue weighted by Gasteiger charge is 2.21. The van der Waals surface area contributed by atoms with Crippen LogP contribution in [-0.4, -0.2) is 23.0 Å². The fourth-order valence-electron chi connectivity index (χ4n) is 1.69. The van der Waals surface area contributed by atoms with E-state index in [-0.39, 0.29) is 17.0 Å². The summed E-state index contributed by atoms with van der Waals surface area (Å²) in [6.45, 7) is 8.22. The van der Waals surface area contributed by atoms with Gasteiger partial charge in [0.1, 0.15) is 12.1 Å². The lowest BCUT2D eigenvalue weighted by Crippen LogP contribution is -2.13. The van der Waals surface area contributed by atoms with Crippen LogP contribution in [0.2, 0.25) is 0 Å². The Morgan fingerprint density at radius 3 is 2.60 bits per heavy atom. The van der Waals surface area contributed by atoms with E-state index in [1.54, 1.807) is 11.5 Å². The average molecular weight is 298 g/mol. The first-order valence-electron chi connectivity index (χ1n) is 6.35. The van der Waals surface area contributed by atoms with Crippen LogP contribution in [0.25, 0.3) is 0 Å². The lowest BCUT2D eigenvalue weighted by atomic mass is 10.2. The lowest BCUT2D eigenvalue weighted by molar-refractivity contribution is 0.567. The summed E-state index contributed by atoms with van der Waals surface area (Å²) in [5, 5.41) is -0.0406. The number of aryl methyl sites for hydroxylation is 2. The predicted molar refractivity (Wildman–Crippen MR) is 74.0 cm³/mol. The molecule has 7 nitrogen and oxygen atoms in total. The summed E-state index contributed by atoms with van der Waals surface area (Å²) in [5.41, 5.74) is 0.693. The van der Waals surface area contributed by atoms with Gasteiger partial charge in [-0.25, -0.2) is 9.71 Å². The first-order chi connectivity index (χ1) is 9.33. The SMILES string of the molecule is CCn1cc(S(=O)(=O)Nc2nc(C(C)C)co2)nc1C. The van der Waals surface area contributed by atoms with E-state index in [2.05, 4.69) is 14.7 Å². The van der Waals surface area contributed by atoms with Crippen molar-refractivity contribution in [2.45, 2.75) is 45.2 Å². The Labute approximate surface area is 118 Å². The lowest BCUT2D eigenvalue weighted by Gasteiger charge is -2.00. The van der Waals surface area contributed by atoms with Crippen molar-refractivity contribution in [3.8, 4) is 0 Å². The van der Waals surface area contributed by atoms with Crippen molar-refractivity contribution < 1.29 is 12.8 Å². The molecule has 0 radical (unpaired) electrons. The minimum Gasteiger partial charge on any atom is -0.431 e. The molecule has 110 valence electrons. The predicted octanol–water partition coefficient (Wildman–Crippen LogP) is 2.12. The first-order valence-corrected chi connectivity index (χ1v) is 7.83. The number of nitrogens with one attached hydrogen (secondary N) is 1. The summed E-state index contributed by atoms with van der Waals surface area (Å²) in [5.74, 6) is 0.807. The maximum Gasteiger partial charge on any atom is 0.309 e. The first kappa shape index (κ1) is 14.6. The van der Waals surface area contributed by atoms with E-state index in [1.165, 1.54) is 12.5 Å². The van der Waals surface area contributed by atoms with E-state index in [0.29, 0.717) is 18.1 Å². The van der Waals surface area contributed by atoms with Crippen LogP contribution in [-0.2, 0) is 16.6 Å². The molecule has 0 fully saturated rings. The van der Waals surface area contributed by atoms with Crippen molar-refractivity contribution in [2.75, 3.05) is 4.72 Å². The van der Waals surface area contributed by atoms with E-state index < -0.39 is 10.0 Å². The van der Waals surface area contributed by atoms with Gasteiger partial charge in [0.25, 0.3) is 10.0 Å². The van der Waals surface area contributed by atoms with Crippen molar-refractivity contribution in [3.05, 3.63) is 24.0 Å². The molecule has 0 aliphatic rings. The molecule has 2 rings (SSSR count). The standard InChI is InChI=1S/C12H18N4O3S/c1-5-16-6-11(13-9(16)4)20(17,18)15-12-14-10(7-19-12)8(2)3/h6-8H,5H2,1-4H3,(H,14,15). The zero-order chi connectivity index (χ0) is 14.9. The van der Waals surface area contributed by atoms with Crippen molar-refractivity contribution in [1.82, 2.24) is 14.5 Å². The van der Waals surface area contributed by atoms with Gasteiger partial charge in [-0.05, 0) is 19.8 Å². The molecule has 0 unspecified atom stereocenters. The number of hydrogen-bond donors (Lipinski definition) is 1. The van der Waals surface area contributed by atoms with Crippen molar-refractivity contribution >= 4 is 16.0 Å². The number of anilines is 1. The van der Waals surface area contributed by atoms with Gasteiger partial charge in [-0.1, -0.05) is 13.8 Å². The molecule has 2 aromatic rings. The van der Waals surface area contributed by atoms with Crippen molar-refractivity contribution in [1.29, 1.82) is 0 Å². The van der Waals surface area contributed by atoms with E-state index >= 15 is 0 Å². The van der Waals surface area contributed by atoms with Gasteiger partial charge in [-0.15, -0.1) is 0 Å². The van der Waals surface area contributed by atoms with Gasteiger partial charge < -0.3 is 8.98 Å². The van der Waals surface area contributed by atoms with Crippen LogP contribution in [0.1, 0.15) is 38.2 Å². The Kier molecular flexibility index (Phi) is 3.85. The molecule has 20 heavy (non-hydrogen) atoms. The van der Waals surface area contributed by atoms with Crippen molar-refractivity contribution in [2.24, 2.45) is 0 Å². The normalized spacial score (nSPS) is 12.1. The Morgan fingerprint density at radius 2 is 2.10 bits per heavy atom. The largest absolute Gasteiger partial charge is 0.431 e. The molecule has 2 aromatic heterocycles. The molecule has 0 saturated heterocycles. The highest BCUT2D eigenvalue weighted by molar-refractivity contribution is 7.92. The molecule has 0 aromatic carbocycles. The fraction of sp³-hybridized carbons (Fsp3) is 0.500. The minimum absolute atomic E-state index is 0.0406. The summed E-state index contributed by atoms with van der Waals surface area (Å²) in [4.78, 5) is 8.11. The summed E-state index contributed by atoms with van der Waals surface area (Å²) < 4.78 is 33.5. The number of hydrogen-bond acceptors (Lipinski definition) is 5. The van der Waals surface area contributed by atoms with Crippen LogP contribution in [0, 0.1) is 6.92 Å². The Bertz CT molecular complexity index is 700. The maximum atomic E-state index is 12.2. The molecule has 0 aliphatic carbocycles. The number of oxazole rings is 1. The Morgan fingerprint density at radius 1 is 1.40 bits per heavy atom. The Balaban J connectivity index is 2.25. The summed E-state index contributed by atoms with van der Waals surface area (Å²) in [6.07, 6.45) is 2.93. The van der Waals surface area contributed by atoms with Crippen molar-refractivity contribution in [3.63, 3.8) is 0 Å². The fourth-order valence-corrected chi connectivity index (χ4v) is 2.64. The molecule has 0 spiro atoms. The molecule has 2 heterocycles. The number of rotatable bonds is 5. The molecule has 0 atom stereocenters. The third-order valence-electron chi connectivity index (χ3n) is 2.91. The van der Waals surface area contributed by atoms with Gasteiger partial charge in [0.2, 0.25) is 0 Å². The third kappa shape index (κ3) is 2.84. The molecule has 0 amide bonds. The smallest absolute Gasteiger partial charge is 0.309 e.